The van der Waals surface area contributed by atoms with Crippen LogP contribution in [0.3, 0.4) is 0 Å². The number of nitrogens with one attached hydrogen (secondary N) is 1. The molecule has 0 saturated carbocycles. The summed E-state index contributed by atoms with van der Waals surface area (Å²) in [6.07, 6.45) is 3.22. The molecule has 29 heavy (non-hydrogen) atoms. The molecule has 156 valence electrons. The van der Waals surface area contributed by atoms with Gasteiger partial charge in [0.05, 0.1) is 18.8 Å². The lowest BCUT2D eigenvalue weighted by molar-refractivity contribution is -0.131. The van der Waals surface area contributed by atoms with Crippen LogP contribution in [0, 0.1) is 13.8 Å². The molecule has 0 atom stereocenters. The highest BCUT2D eigenvalue weighted by Gasteiger charge is 2.17. The molecule has 2 aromatic rings. The molecule has 0 radical (unpaired) electrons. The Balaban J connectivity index is 2.08. The zero-order valence-corrected chi connectivity index (χ0v) is 18.7. The summed E-state index contributed by atoms with van der Waals surface area (Å²) in [5.41, 5.74) is 3.31. The van der Waals surface area contributed by atoms with Crippen LogP contribution < -0.4 is 5.32 Å². The first-order valence-electron chi connectivity index (χ1n) is 9.49. The normalized spacial score (nSPS) is 11.7. The molecule has 1 N–H and O–H groups in total. The van der Waals surface area contributed by atoms with Gasteiger partial charge in [-0.3, -0.25) is 14.3 Å². The van der Waals surface area contributed by atoms with Gasteiger partial charge >= 0.3 is 0 Å². The highest BCUT2D eigenvalue weighted by atomic mass is 35.5. The summed E-state index contributed by atoms with van der Waals surface area (Å²) < 4.78 is 1.88. The van der Waals surface area contributed by atoms with E-state index >= 15 is 0 Å². The largest absolute Gasteiger partial charge is 0.350 e. The van der Waals surface area contributed by atoms with Gasteiger partial charge in [0, 0.05) is 34.9 Å². The van der Waals surface area contributed by atoms with Crippen molar-refractivity contribution in [3.8, 4) is 0 Å². The Morgan fingerprint density at radius 3 is 2.52 bits per heavy atom. The van der Waals surface area contributed by atoms with Crippen molar-refractivity contribution in [2.24, 2.45) is 0 Å². The summed E-state index contributed by atoms with van der Waals surface area (Å²) in [4.78, 5) is 25.8. The van der Waals surface area contributed by atoms with Crippen molar-refractivity contribution in [3.05, 3.63) is 57.9 Å². The highest BCUT2D eigenvalue weighted by Crippen LogP contribution is 2.20. The lowest BCUT2D eigenvalue weighted by atomic mass is 10.1. The Kier molecular flexibility index (Phi) is 7.25. The number of hydrogen-bond acceptors (Lipinski definition) is 3. The molecule has 1 aromatic carbocycles. The number of carbonyl (C=O) groups is 2. The number of likely N-dealkylation sites (N-methyl/N-ethyl adjacent to an activating group) is 1. The third-order valence-corrected chi connectivity index (χ3v) is 4.75. The second-order valence-corrected chi connectivity index (χ2v) is 8.57. The first-order valence-corrected chi connectivity index (χ1v) is 9.87. The molecule has 0 saturated heterocycles. The summed E-state index contributed by atoms with van der Waals surface area (Å²) in [6, 6.07) is 7.66. The van der Waals surface area contributed by atoms with E-state index in [-0.39, 0.29) is 23.9 Å². The third kappa shape index (κ3) is 6.46. The number of halogens is 1. The fourth-order valence-corrected chi connectivity index (χ4v) is 3.12. The number of benzene rings is 1. The van der Waals surface area contributed by atoms with Crippen LogP contribution in [-0.2, 0) is 16.1 Å². The van der Waals surface area contributed by atoms with E-state index in [1.165, 1.54) is 11.0 Å². The molecule has 0 aliphatic rings. The molecule has 0 aliphatic carbocycles. The molecular weight excluding hydrogens is 388 g/mol. The minimum absolute atomic E-state index is 0.00414. The Morgan fingerprint density at radius 2 is 1.90 bits per heavy atom. The van der Waals surface area contributed by atoms with Crippen LogP contribution in [0.1, 0.15) is 43.3 Å². The Bertz CT molecular complexity index is 925. The quantitative estimate of drug-likeness (QED) is 0.732. The molecule has 6 nitrogen and oxygen atoms in total. The number of carbonyl (C=O) groups excluding carboxylic acids is 2. The van der Waals surface area contributed by atoms with E-state index in [0.717, 1.165) is 22.5 Å². The van der Waals surface area contributed by atoms with Gasteiger partial charge < -0.3 is 10.2 Å². The number of aromatic nitrogens is 2. The van der Waals surface area contributed by atoms with Crippen molar-refractivity contribution in [3.63, 3.8) is 0 Å². The number of nitrogens with zero attached hydrogens (tertiary/aromatic N) is 3. The van der Waals surface area contributed by atoms with Crippen LogP contribution in [0.15, 0.2) is 30.3 Å². The van der Waals surface area contributed by atoms with E-state index in [4.69, 9.17) is 11.6 Å². The molecular formula is C22H29ClN4O2. The standard InChI is InChI=1S/C22H29ClN4O2/c1-15-18(11-12-21(29)26(6)14-20(28)24-22(3,4)5)16(2)27(25-15)13-17-9-7-8-10-19(17)23/h7-12H,13-14H2,1-6H3,(H,24,28)/b12-11+. The maximum Gasteiger partial charge on any atom is 0.246 e. The lowest BCUT2D eigenvalue weighted by Gasteiger charge is -2.22. The topological polar surface area (TPSA) is 67.2 Å². The molecule has 1 heterocycles. The van der Waals surface area contributed by atoms with Crippen molar-refractivity contribution >= 4 is 29.5 Å². The minimum atomic E-state index is -0.332. The zero-order valence-electron chi connectivity index (χ0n) is 17.9. The maximum atomic E-state index is 12.4. The summed E-state index contributed by atoms with van der Waals surface area (Å²) in [5.74, 6) is -0.437. The van der Waals surface area contributed by atoms with Gasteiger partial charge in [0.2, 0.25) is 11.8 Å². The fraction of sp³-hybridized carbons (Fsp3) is 0.409. The van der Waals surface area contributed by atoms with E-state index < -0.39 is 0 Å². The average molecular weight is 417 g/mol. The average Bonchev–Trinajstić information content (AvgIpc) is 2.86. The van der Waals surface area contributed by atoms with E-state index in [1.54, 1.807) is 13.1 Å². The van der Waals surface area contributed by atoms with Crippen LogP contribution in [0.25, 0.3) is 6.08 Å². The summed E-state index contributed by atoms with van der Waals surface area (Å²) in [6.45, 7) is 10.1. The predicted octanol–water partition coefficient (Wildman–Crippen LogP) is 3.59. The van der Waals surface area contributed by atoms with Gasteiger partial charge in [-0.25, -0.2) is 0 Å². The Morgan fingerprint density at radius 1 is 1.24 bits per heavy atom. The van der Waals surface area contributed by atoms with Crippen LogP contribution >= 0.6 is 11.6 Å². The van der Waals surface area contributed by atoms with E-state index in [9.17, 15) is 9.59 Å². The molecule has 0 spiro atoms. The van der Waals surface area contributed by atoms with Crippen molar-refractivity contribution in [2.75, 3.05) is 13.6 Å². The molecule has 1 aromatic heterocycles. The smallest absolute Gasteiger partial charge is 0.246 e. The third-order valence-electron chi connectivity index (χ3n) is 4.38. The summed E-state index contributed by atoms with van der Waals surface area (Å²) in [5, 5.41) is 8.12. The molecule has 0 aliphatic heterocycles. The number of rotatable bonds is 6. The second-order valence-electron chi connectivity index (χ2n) is 8.16. The van der Waals surface area contributed by atoms with Crippen molar-refractivity contribution in [1.82, 2.24) is 20.0 Å². The molecule has 7 heteroatoms. The van der Waals surface area contributed by atoms with Gasteiger partial charge in [0.1, 0.15) is 0 Å². The van der Waals surface area contributed by atoms with Gasteiger partial charge in [-0.05, 0) is 52.3 Å². The maximum absolute atomic E-state index is 12.4. The number of hydrogen-bond donors (Lipinski definition) is 1. The van der Waals surface area contributed by atoms with Crippen LogP contribution in [0.4, 0.5) is 0 Å². The monoisotopic (exact) mass is 416 g/mol. The molecule has 0 fully saturated rings. The van der Waals surface area contributed by atoms with E-state index in [0.29, 0.717) is 11.6 Å². The lowest BCUT2D eigenvalue weighted by Crippen LogP contribution is -2.46. The highest BCUT2D eigenvalue weighted by molar-refractivity contribution is 6.31. The first-order chi connectivity index (χ1) is 13.5. The fourth-order valence-electron chi connectivity index (χ4n) is 2.93. The Hall–Kier alpha value is -2.60. The van der Waals surface area contributed by atoms with Crippen molar-refractivity contribution in [2.45, 2.75) is 46.7 Å². The van der Waals surface area contributed by atoms with Crippen molar-refractivity contribution < 1.29 is 9.59 Å². The molecule has 2 amide bonds. The minimum Gasteiger partial charge on any atom is -0.350 e. The van der Waals surface area contributed by atoms with Crippen LogP contribution in [-0.4, -0.2) is 45.6 Å². The van der Waals surface area contributed by atoms with E-state index in [1.807, 2.05) is 63.6 Å². The summed E-state index contributed by atoms with van der Waals surface area (Å²) in [7, 11) is 1.61. The molecule has 0 bridgehead atoms. The molecule has 2 rings (SSSR count). The van der Waals surface area contributed by atoms with Gasteiger partial charge in [-0.15, -0.1) is 0 Å². The zero-order chi connectivity index (χ0) is 21.8. The van der Waals surface area contributed by atoms with Crippen molar-refractivity contribution in [1.29, 1.82) is 0 Å². The predicted molar refractivity (Wildman–Crippen MR) is 117 cm³/mol. The van der Waals surface area contributed by atoms with Gasteiger partial charge in [0.15, 0.2) is 0 Å². The number of amides is 2. The molecule has 0 unspecified atom stereocenters. The SMILES string of the molecule is Cc1nn(Cc2ccccc2Cl)c(C)c1/C=C/C(=O)N(C)CC(=O)NC(C)(C)C. The van der Waals surface area contributed by atoms with Crippen LogP contribution in [0.2, 0.25) is 5.02 Å². The second kappa shape index (κ2) is 9.27. The first kappa shape index (κ1) is 22.7. The Labute approximate surface area is 177 Å². The summed E-state index contributed by atoms with van der Waals surface area (Å²) >= 11 is 6.25. The van der Waals surface area contributed by atoms with Gasteiger partial charge in [0.25, 0.3) is 0 Å². The van der Waals surface area contributed by atoms with E-state index in [2.05, 4.69) is 10.4 Å². The van der Waals surface area contributed by atoms with Gasteiger partial charge in [-0.2, -0.15) is 5.10 Å². The number of aryl methyl sites for hydroxylation is 1. The van der Waals surface area contributed by atoms with Crippen LogP contribution in [0.5, 0.6) is 0 Å². The van der Waals surface area contributed by atoms with Gasteiger partial charge in [-0.1, -0.05) is 29.8 Å².